The highest BCUT2D eigenvalue weighted by molar-refractivity contribution is 7.21. The molecule has 21 heavy (non-hydrogen) atoms. The van der Waals surface area contributed by atoms with Gasteiger partial charge in [0.05, 0.1) is 12.2 Å². The highest BCUT2D eigenvalue weighted by atomic mass is 32.1. The predicted octanol–water partition coefficient (Wildman–Crippen LogP) is 3.43. The minimum absolute atomic E-state index is 0.314. The van der Waals surface area contributed by atoms with Gasteiger partial charge in [-0.25, -0.2) is 10.1 Å². The van der Waals surface area contributed by atoms with Crippen LogP contribution in [-0.4, -0.2) is 19.9 Å². The van der Waals surface area contributed by atoms with E-state index in [1.54, 1.807) is 6.92 Å². The van der Waals surface area contributed by atoms with Gasteiger partial charge in [0.15, 0.2) is 0 Å². The van der Waals surface area contributed by atoms with Gasteiger partial charge in [0.2, 0.25) is 0 Å². The van der Waals surface area contributed by atoms with Gasteiger partial charge in [-0.3, -0.25) is 0 Å². The second-order valence-corrected chi connectivity index (χ2v) is 4.66. The van der Waals surface area contributed by atoms with Crippen LogP contribution in [0.5, 0.6) is 0 Å². The summed E-state index contributed by atoms with van der Waals surface area (Å²) in [6.07, 6.45) is 0. The summed E-state index contributed by atoms with van der Waals surface area (Å²) < 4.78 is 5.71. The SMILES string of the molecule is CC.CCOC(=O)c1c(-c2ccccc2)csc1[B]C#N. The summed E-state index contributed by atoms with van der Waals surface area (Å²) in [4.78, 5) is 12.1. The van der Waals surface area contributed by atoms with E-state index in [4.69, 9.17) is 10.00 Å². The van der Waals surface area contributed by atoms with Crippen molar-refractivity contribution >= 4 is 29.4 Å². The lowest BCUT2D eigenvalue weighted by Gasteiger charge is -2.06. The Morgan fingerprint density at radius 3 is 2.57 bits per heavy atom. The average molecular weight is 298 g/mol. The molecule has 2 aromatic rings. The van der Waals surface area contributed by atoms with Crippen molar-refractivity contribution in [3.05, 3.63) is 41.3 Å². The number of hydrogen-bond acceptors (Lipinski definition) is 4. The zero-order valence-corrected chi connectivity index (χ0v) is 13.2. The molecular formula is C16H17BNO2S. The van der Waals surface area contributed by atoms with E-state index in [-0.39, 0.29) is 5.97 Å². The molecule has 2 rings (SSSR count). The Labute approximate surface area is 130 Å². The molecule has 3 nitrogen and oxygen atoms in total. The van der Waals surface area contributed by atoms with Gasteiger partial charge in [0, 0.05) is 11.5 Å². The van der Waals surface area contributed by atoms with Crippen LogP contribution in [-0.2, 0) is 4.74 Å². The lowest BCUT2D eigenvalue weighted by atomic mass is 9.76. The molecule has 0 saturated heterocycles. The zero-order chi connectivity index (χ0) is 15.7. The van der Waals surface area contributed by atoms with Crippen LogP contribution in [0.4, 0.5) is 0 Å². The summed E-state index contributed by atoms with van der Waals surface area (Å²) in [7, 11) is 1.38. The molecule has 0 spiro atoms. The Hall–Kier alpha value is -2.06. The van der Waals surface area contributed by atoms with Crippen LogP contribution in [0.15, 0.2) is 35.7 Å². The summed E-state index contributed by atoms with van der Waals surface area (Å²) in [6.45, 7) is 6.08. The van der Waals surface area contributed by atoms with Gasteiger partial charge in [0.25, 0.3) is 0 Å². The normalized spacial score (nSPS) is 9.05. The fourth-order valence-electron chi connectivity index (χ4n) is 1.78. The van der Waals surface area contributed by atoms with Crippen LogP contribution in [0, 0.1) is 11.2 Å². The Balaban J connectivity index is 0.00000106. The number of rotatable bonds is 4. The molecule has 5 heteroatoms. The van der Waals surface area contributed by atoms with Crippen LogP contribution < -0.4 is 4.78 Å². The smallest absolute Gasteiger partial charge is 0.339 e. The summed E-state index contributed by atoms with van der Waals surface area (Å²) >= 11 is 1.37. The number of carbonyl (C=O) groups is 1. The standard InChI is InChI=1S/C14H11BNO2S.C2H6/c1-2-18-14(17)12-11(8-19-13(12)15-9-16)10-6-4-3-5-7-10;1-2/h3-8H,2H2,1H3;1-2H3. The summed E-state index contributed by atoms with van der Waals surface area (Å²) in [5.74, 6) is 1.58. The quantitative estimate of drug-likeness (QED) is 0.642. The molecule has 0 saturated carbocycles. The summed E-state index contributed by atoms with van der Waals surface area (Å²) in [6, 6.07) is 9.61. The molecule has 0 aliphatic rings. The maximum atomic E-state index is 12.1. The van der Waals surface area contributed by atoms with Crippen LogP contribution >= 0.6 is 11.3 Å². The van der Waals surface area contributed by atoms with Gasteiger partial charge in [-0.15, -0.1) is 0 Å². The maximum absolute atomic E-state index is 12.1. The predicted molar refractivity (Wildman–Crippen MR) is 88.1 cm³/mol. The minimum atomic E-state index is -0.385. The molecule has 0 atom stereocenters. The summed E-state index contributed by atoms with van der Waals surface area (Å²) in [5, 5.41) is 10.7. The molecule has 1 aromatic carbocycles. The lowest BCUT2D eigenvalue weighted by Crippen LogP contribution is -2.19. The molecule has 0 bridgehead atoms. The third-order valence-electron chi connectivity index (χ3n) is 2.58. The fourth-order valence-corrected chi connectivity index (χ4v) is 2.71. The van der Waals surface area contributed by atoms with E-state index in [2.05, 4.69) is 0 Å². The molecule has 0 aliphatic carbocycles. The van der Waals surface area contributed by atoms with Crippen LogP contribution in [0.2, 0.25) is 0 Å². The first-order chi connectivity index (χ1) is 10.3. The average Bonchev–Trinajstić information content (AvgIpc) is 2.95. The van der Waals surface area contributed by atoms with Crippen molar-refractivity contribution in [3.8, 4) is 17.1 Å². The number of nitriles is 1. The van der Waals surface area contributed by atoms with Crippen molar-refractivity contribution in [2.45, 2.75) is 20.8 Å². The van der Waals surface area contributed by atoms with E-state index in [0.29, 0.717) is 16.9 Å². The Morgan fingerprint density at radius 1 is 1.33 bits per heavy atom. The van der Waals surface area contributed by atoms with Gasteiger partial charge in [-0.2, -0.15) is 11.3 Å². The van der Waals surface area contributed by atoms with E-state index in [0.717, 1.165) is 11.1 Å². The highest BCUT2D eigenvalue weighted by Crippen LogP contribution is 2.26. The molecule has 1 heterocycles. The molecule has 1 radical (unpaired) electrons. The Bertz CT molecular complexity index is 617. The van der Waals surface area contributed by atoms with Crippen molar-refractivity contribution < 1.29 is 9.53 Å². The van der Waals surface area contributed by atoms with Crippen molar-refractivity contribution in [1.82, 2.24) is 0 Å². The Morgan fingerprint density at radius 2 is 2.00 bits per heavy atom. The van der Waals surface area contributed by atoms with Crippen molar-refractivity contribution in [3.63, 3.8) is 0 Å². The monoisotopic (exact) mass is 298 g/mol. The number of esters is 1. The number of carbonyl (C=O) groups excluding carboxylic acids is 1. The molecule has 0 aliphatic heterocycles. The Kier molecular flexibility index (Phi) is 7.27. The second-order valence-electron chi connectivity index (χ2n) is 3.75. The van der Waals surface area contributed by atoms with Crippen molar-refractivity contribution in [2.24, 2.45) is 0 Å². The van der Waals surface area contributed by atoms with Crippen LogP contribution in [0.1, 0.15) is 31.1 Å². The van der Waals surface area contributed by atoms with Crippen LogP contribution in [0.3, 0.4) is 0 Å². The number of benzene rings is 1. The van der Waals surface area contributed by atoms with Crippen molar-refractivity contribution in [1.29, 1.82) is 5.26 Å². The number of thiophene rings is 1. The van der Waals surface area contributed by atoms with Gasteiger partial charge >= 0.3 is 13.2 Å². The fraction of sp³-hybridized carbons (Fsp3) is 0.250. The molecular weight excluding hydrogens is 281 g/mol. The first kappa shape index (κ1) is 17.0. The number of nitrogens with zero attached hydrogens (tertiary/aromatic N) is 1. The van der Waals surface area contributed by atoms with Gasteiger partial charge in [0.1, 0.15) is 0 Å². The minimum Gasteiger partial charge on any atom is -0.462 e. The maximum Gasteiger partial charge on any atom is 0.339 e. The van der Waals surface area contributed by atoms with E-state index < -0.39 is 0 Å². The third kappa shape index (κ3) is 4.20. The van der Waals surface area contributed by atoms with Gasteiger partial charge in [-0.05, 0) is 22.6 Å². The second kappa shape index (κ2) is 8.99. The highest BCUT2D eigenvalue weighted by Gasteiger charge is 2.21. The summed E-state index contributed by atoms with van der Waals surface area (Å²) in [5.41, 5.74) is 2.23. The van der Waals surface area contributed by atoms with E-state index in [1.165, 1.54) is 18.6 Å². The third-order valence-corrected chi connectivity index (χ3v) is 3.51. The zero-order valence-electron chi connectivity index (χ0n) is 12.4. The van der Waals surface area contributed by atoms with E-state index >= 15 is 0 Å². The van der Waals surface area contributed by atoms with E-state index in [9.17, 15) is 4.79 Å². The van der Waals surface area contributed by atoms with E-state index in [1.807, 2.05) is 55.5 Å². The molecule has 0 fully saturated rings. The molecule has 107 valence electrons. The molecule has 0 unspecified atom stereocenters. The van der Waals surface area contributed by atoms with Crippen LogP contribution in [0.25, 0.3) is 11.1 Å². The molecule has 0 amide bonds. The number of hydrogen-bond donors (Lipinski definition) is 0. The first-order valence-electron chi connectivity index (χ1n) is 6.84. The largest absolute Gasteiger partial charge is 0.462 e. The van der Waals surface area contributed by atoms with Crippen molar-refractivity contribution in [2.75, 3.05) is 6.61 Å². The molecule has 1 aromatic heterocycles. The van der Waals surface area contributed by atoms with Gasteiger partial charge in [-0.1, -0.05) is 44.2 Å². The lowest BCUT2D eigenvalue weighted by molar-refractivity contribution is 0.0529. The topological polar surface area (TPSA) is 50.1 Å². The first-order valence-corrected chi connectivity index (χ1v) is 7.72. The number of ether oxygens (including phenoxy) is 1. The van der Waals surface area contributed by atoms with Gasteiger partial charge < -0.3 is 4.74 Å². The molecule has 0 N–H and O–H groups in total.